The summed E-state index contributed by atoms with van der Waals surface area (Å²) in [6, 6.07) is 1.91. The number of hydrogen-bond donors (Lipinski definition) is 6. The first-order valence-corrected chi connectivity index (χ1v) is 14.2. The molecule has 1 fully saturated rings. The normalized spacial score (nSPS) is 27.8. The Morgan fingerprint density at radius 1 is 0.958 bits per heavy atom. The van der Waals surface area contributed by atoms with Gasteiger partial charge in [0.05, 0.1) is 34.8 Å². The first-order chi connectivity index (χ1) is 22.0. The van der Waals surface area contributed by atoms with Crippen molar-refractivity contribution >= 4 is 35.4 Å². The monoisotopic (exact) mass is 682 g/mol. The number of phenols is 1. The molecule has 16 heteroatoms. The molecule has 3 aliphatic carbocycles. The molecule has 3 aliphatic rings. The van der Waals surface area contributed by atoms with Crippen LogP contribution >= 0.6 is 0 Å². The Morgan fingerprint density at radius 2 is 1.52 bits per heavy atom. The van der Waals surface area contributed by atoms with Crippen LogP contribution in [0.2, 0.25) is 0 Å². The van der Waals surface area contributed by atoms with Crippen molar-refractivity contribution in [2.45, 2.75) is 42.9 Å². The molecule has 0 aromatic heterocycles. The van der Waals surface area contributed by atoms with Crippen molar-refractivity contribution in [1.29, 1.82) is 0 Å². The average Bonchev–Trinajstić information content (AvgIpc) is 2.97. The van der Waals surface area contributed by atoms with Crippen LogP contribution in [0.3, 0.4) is 0 Å². The second-order valence-corrected chi connectivity index (χ2v) is 12.2. The third-order valence-corrected chi connectivity index (χ3v) is 9.23. The van der Waals surface area contributed by atoms with Crippen LogP contribution in [0.15, 0.2) is 47.2 Å². The fraction of sp³-hybridized carbons (Fsp3) is 0.344. The number of alkyl halides is 6. The minimum Gasteiger partial charge on any atom is -0.508 e. The highest BCUT2D eigenvalue weighted by Crippen LogP contribution is 2.56. The van der Waals surface area contributed by atoms with Gasteiger partial charge in [0, 0.05) is 17.1 Å². The number of hydrogen-bond acceptors (Lipinski definition) is 9. The molecule has 1 saturated carbocycles. The summed E-state index contributed by atoms with van der Waals surface area (Å²) in [5.41, 5.74) is -3.77. The number of halogens is 6. The number of phenolic OH excluding ortho intramolecular Hbond substituents is 1. The Hall–Kier alpha value is -4.67. The number of ketones is 2. The highest BCUT2D eigenvalue weighted by atomic mass is 19.4. The third kappa shape index (κ3) is 5.05. The number of benzene rings is 2. The zero-order valence-electron chi connectivity index (χ0n) is 25.2. The Labute approximate surface area is 267 Å². The number of carbonyl (C=O) groups is 3. The van der Waals surface area contributed by atoms with Gasteiger partial charge in [-0.05, 0) is 49.3 Å². The number of aliphatic hydroxyl groups excluding tert-OH is 3. The number of nitrogens with two attached hydrogens (primary N) is 1. The molecule has 2 aromatic rings. The Balaban J connectivity index is 1.67. The van der Waals surface area contributed by atoms with E-state index in [2.05, 4.69) is 0 Å². The van der Waals surface area contributed by atoms with Crippen LogP contribution in [-0.4, -0.2) is 79.7 Å². The van der Waals surface area contributed by atoms with E-state index in [1.165, 1.54) is 38.1 Å². The number of nitrogens with zero attached hydrogens (tertiary/aromatic N) is 1. The van der Waals surface area contributed by atoms with Gasteiger partial charge >= 0.3 is 12.4 Å². The summed E-state index contributed by atoms with van der Waals surface area (Å²) < 4.78 is 80.0. The lowest BCUT2D eigenvalue weighted by atomic mass is 9.54. The third-order valence-electron chi connectivity index (χ3n) is 9.23. The zero-order valence-corrected chi connectivity index (χ0v) is 25.2. The summed E-state index contributed by atoms with van der Waals surface area (Å²) in [5, 5.41) is 57.0. The molecule has 1 amide bonds. The number of aliphatic hydroxyl groups is 4. The smallest absolute Gasteiger partial charge is 0.416 e. The summed E-state index contributed by atoms with van der Waals surface area (Å²) in [4.78, 5) is 40.7. The van der Waals surface area contributed by atoms with Crippen molar-refractivity contribution in [2.24, 2.45) is 17.6 Å². The van der Waals surface area contributed by atoms with Crippen molar-refractivity contribution in [3.8, 4) is 5.75 Å². The Kier molecular flexibility index (Phi) is 8.09. The van der Waals surface area contributed by atoms with Gasteiger partial charge < -0.3 is 31.3 Å². The maximum atomic E-state index is 14.1. The van der Waals surface area contributed by atoms with E-state index in [1.54, 1.807) is 0 Å². The van der Waals surface area contributed by atoms with Crippen molar-refractivity contribution in [3.63, 3.8) is 0 Å². The van der Waals surface area contributed by atoms with Crippen LogP contribution in [0.5, 0.6) is 5.75 Å². The van der Waals surface area contributed by atoms with E-state index in [1.807, 2.05) is 0 Å². The first kappa shape index (κ1) is 34.7. The maximum Gasteiger partial charge on any atom is 0.416 e. The molecule has 256 valence electrons. The van der Waals surface area contributed by atoms with Crippen molar-refractivity contribution < 1.29 is 66.3 Å². The number of aromatic hydroxyl groups is 1. The van der Waals surface area contributed by atoms with Gasteiger partial charge in [-0.2, -0.15) is 26.3 Å². The molecular formula is C32H28F6N2O8. The largest absolute Gasteiger partial charge is 0.508 e. The molecular weight excluding hydrogens is 654 g/mol. The number of Topliss-reactive ketones (excluding diaryl/α,β-unsaturated/α-hetero) is 2. The number of amides is 1. The van der Waals surface area contributed by atoms with Gasteiger partial charge in [-0.15, -0.1) is 0 Å². The minimum atomic E-state index is -5.11. The number of primary amides is 1. The van der Waals surface area contributed by atoms with Gasteiger partial charge in [0.25, 0.3) is 5.91 Å². The highest BCUT2D eigenvalue weighted by molar-refractivity contribution is 6.24. The Bertz CT molecular complexity index is 1830. The minimum absolute atomic E-state index is 0.0494. The van der Waals surface area contributed by atoms with E-state index in [4.69, 9.17) is 5.73 Å². The molecule has 5 rings (SSSR count). The van der Waals surface area contributed by atoms with Crippen LogP contribution in [0, 0.1) is 11.8 Å². The molecule has 0 bridgehead atoms. The van der Waals surface area contributed by atoms with Gasteiger partial charge in [0.2, 0.25) is 5.78 Å². The predicted octanol–water partition coefficient (Wildman–Crippen LogP) is 3.70. The van der Waals surface area contributed by atoms with Crippen LogP contribution in [0.4, 0.5) is 26.3 Å². The van der Waals surface area contributed by atoms with Crippen LogP contribution in [0.25, 0.3) is 17.9 Å². The SMILES string of the molecule is C[C@@H]1c2ccc(/C=C/c3cc(C(F)(F)F)cc(C(F)(F)F)c3)c(O)c2C(O)=C2C(=O)[C@@]3(O)C(O)=C(C(N)=O)C(=O)[C@H](N(C)C)[C@H]3[C@H](O)[C@H]21. The summed E-state index contributed by atoms with van der Waals surface area (Å²) in [6.07, 6.45) is -10.2. The van der Waals surface area contributed by atoms with Crippen LogP contribution < -0.4 is 5.73 Å². The second-order valence-electron chi connectivity index (χ2n) is 12.2. The van der Waals surface area contributed by atoms with Crippen molar-refractivity contribution in [3.05, 3.63) is 80.6 Å². The Morgan fingerprint density at radius 3 is 2.02 bits per heavy atom. The highest BCUT2D eigenvalue weighted by Gasteiger charge is 2.68. The van der Waals surface area contributed by atoms with E-state index in [-0.39, 0.29) is 17.2 Å². The van der Waals surface area contributed by atoms with Crippen LogP contribution in [0.1, 0.15) is 46.2 Å². The molecule has 0 saturated heterocycles. The molecule has 48 heavy (non-hydrogen) atoms. The van der Waals surface area contributed by atoms with E-state index >= 15 is 0 Å². The molecule has 7 N–H and O–H groups in total. The first-order valence-electron chi connectivity index (χ1n) is 14.2. The van der Waals surface area contributed by atoms with E-state index in [9.17, 15) is 66.3 Å². The zero-order chi connectivity index (χ0) is 36.0. The predicted molar refractivity (Wildman–Crippen MR) is 156 cm³/mol. The van der Waals surface area contributed by atoms with Crippen molar-refractivity contribution in [2.75, 3.05) is 14.1 Å². The lowest BCUT2D eigenvalue weighted by Gasteiger charge is -2.53. The number of carbonyl (C=O) groups excluding carboxylic acids is 3. The fourth-order valence-electron chi connectivity index (χ4n) is 7.03. The van der Waals surface area contributed by atoms with E-state index in [0.717, 1.165) is 12.2 Å². The fourth-order valence-corrected chi connectivity index (χ4v) is 7.03. The van der Waals surface area contributed by atoms with Gasteiger partial charge in [-0.1, -0.05) is 31.2 Å². The molecule has 0 radical (unpaired) electrons. The van der Waals surface area contributed by atoms with Gasteiger partial charge in [-0.3, -0.25) is 19.3 Å². The number of fused-ring (bicyclic) bond motifs is 3. The van der Waals surface area contributed by atoms with Gasteiger partial charge in [0.1, 0.15) is 22.8 Å². The van der Waals surface area contributed by atoms with Gasteiger partial charge in [-0.25, -0.2) is 0 Å². The lowest BCUT2D eigenvalue weighted by Crippen LogP contribution is -2.70. The molecule has 0 unspecified atom stereocenters. The molecule has 0 heterocycles. The molecule has 0 aliphatic heterocycles. The van der Waals surface area contributed by atoms with E-state index < -0.39 is 116 Å². The standard InChI is InChI=1S/C32H28F6N2O8/c1-11-16-7-6-13(5-4-12-8-14(31(33,34)35)10-15(9-12)32(36,37)38)23(41)18(16)24(42)19-17(11)25(43)21-22(40(2)3)26(44)20(29(39)47)28(46)30(21,48)27(19)45/h4-11,17,21-22,25,41-43,46,48H,1-3H3,(H2,39,47)/b5-4+/t11-,17+,21+,22-,25-,30-/m1/s1. The molecule has 10 nitrogen and oxygen atoms in total. The summed E-state index contributed by atoms with van der Waals surface area (Å²) in [6.45, 7) is 1.49. The maximum absolute atomic E-state index is 14.1. The second kappa shape index (κ2) is 11.2. The summed E-state index contributed by atoms with van der Waals surface area (Å²) >= 11 is 0. The average molecular weight is 683 g/mol. The van der Waals surface area contributed by atoms with Gasteiger partial charge in [0.15, 0.2) is 11.4 Å². The summed E-state index contributed by atoms with van der Waals surface area (Å²) in [5.74, 6) is -11.1. The quantitative estimate of drug-likeness (QED) is 0.159. The number of rotatable bonds is 4. The topological polar surface area (TPSA) is 182 Å². The molecule has 6 atom stereocenters. The molecule has 2 aromatic carbocycles. The van der Waals surface area contributed by atoms with E-state index in [0.29, 0.717) is 12.1 Å². The van der Waals surface area contributed by atoms with Crippen LogP contribution in [-0.2, 0) is 26.7 Å². The number of likely N-dealkylation sites (N-methyl/N-ethyl adjacent to an activating group) is 1. The molecule has 0 spiro atoms. The lowest BCUT2D eigenvalue weighted by molar-refractivity contribution is -0.169. The van der Waals surface area contributed by atoms with Crippen molar-refractivity contribution in [1.82, 2.24) is 4.90 Å². The summed E-state index contributed by atoms with van der Waals surface area (Å²) in [7, 11) is 2.72.